The Bertz CT molecular complexity index is 578. The lowest BCUT2D eigenvalue weighted by Crippen LogP contribution is -2.13. The van der Waals surface area contributed by atoms with Crippen LogP contribution in [-0.2, 0) is 0 Å². The molecule has 1 unspecified atom stereocenters. The van der Waals surface area contributed by atoms with Crippen molar-refractivity contribution in [2.75, 3.05) is 14.2 Å². The highest BCUT2D eigenvalue weighted by Crippen LogP contribution is 2.36. The maximum Gasteiger partial charge on any atom is 0.134 e. The van der Waals surface area contributed by atoms with Crippen LogP contribution in [0.5, 0.6) is 11.5 Å². The molecule has 1 atom stereocenters. The minimum absolute atomic E-state index is 0.167. The minimum atomic E-state index is -0.167. The van der Waals surface area contributed by atoms with Crippen LogP contribution in [0, 0.1) is 13.8 Å². The Morgan fingerprint density at radius 2 is 1.74 bits per heavy atom. The Balaban J connectivity index is 2.44. The van der Waals surface area contributed by atoms with Gasteiger partial charge in [0.2, 0.25) is 0 Å². The Kier molecular flexibility index (Phi) is 4.12. The second-order valence-corrected chi connectivity index (χ2v) is 5.46. The zero-order valence-corrected chi connectivity index (χ0v) is 12.5. The number of ether oxygens (including phenoxy) is 2. The average Bonchev–Trinajstić information content (AvgIpc) is 2.88. The maximum atomic E-state index is 6.39. The number of rotatable bonds is 4. The van der Waals surface area contributed by atoms with E-state index in [0.29, 0.717) is 0 Å². The summed E-state index contributed by atoms with van der Waals surface area (Å²) < 4.78 is 10.7. The number of methoxy groups -OCH3 is 2. The fraction of sp³-hybridized carbons (Fsp3) is 0.333. The number of hydrogen-bond donors (Lipinski definition) is 1. The highest BCUT2D eigenvalue weighted by Gasteiger charge is 2.18. The van der Waals surface area contributed by atoms with Gasteiger partial charge in [0.05, 0.1) is 25.1 Å². The van der Waals surface area contributed by atoms with Gasteiger partial charge in [-0.3, -0.25) is 0 Å². The second-order valence-electron chi connectivity index (χ2n) is 4.51. The van der Waals surface area contributed by atoms with E-state index in [4.69, 9.17) is 15.2 Å². The van der Waals surface area contributed by atoms with Crippen LogP contribution < -0.4 is 15.2 Å². The standard InChI is InChI=1S/C15H19NO2S/c1-9-8-13(18-4)10(2)7-11(9)14(16)15-12(17-3)5-6-19-15/h5-8,14H,16H2,1-4H3. The lowest BCUT2D eigenvalue weighted by molar-refractivity contribution is 0.409. The molecule has 102 valence electrons. The highest BCUT2D eigenvalue weighted by molar-refractivity contribution is 7.10. The lowest BCUT2D eigenvalue weighted by atomic mass is 9.97. The third kappa shape index (κ3) is 2.60. The van der Waals surface area contributed by atoms with Crippen LogP contribution >= 0.6 is 11.3 Å². The Hall–Kier alpha value is -1.52. The molecule has 1 aromatic carbocycles. The molecule has 1 aromatic heterocycles. The molecule has 0 bridgehead atoms. The van der Waals surface area contributed by atoms with Gasteiger partial charge in [-0.25, -0.2) is 0 Å². The Morgan fingerprint density at radius 3 is 2.37 bits per heavy atom. The first-order valence-corrected chi connectivity index (χ1v) is 6.98. The maximum absolute atomic E-state index is 6.39. The summed E-state index contributed by atoms with van der Waals surface area (Å²) in [4.78, 5) is 1.05. The molecule has 4 heteroatoms. The molecule has 0 spiro atoms. The van der Waals surface area contributed by atoms with Crippen LogP contribution in [0.3, 0.4) is 0 Å². The lowest BCUT2D eigenvalue weighted by Gasteiger charge is -2.17. The molecular weight excluding hydrogens is 258 g/mol. The van der Waals surface area contributed by atoms with Crippen molar-refractivity contribution in [2.45, 2.75) is 19.9 Å². The number of nitrogens with two attached hydrogens (primary N) is 1. The Morgan fingerprint density at radius 1 is 1.05 bits per heavy atom. The van der Waals surface area contributed by atoms with Crippen LogP contribution in [0.2, 0.25) is 0 Å². The number of hydrogen-bond acceptors (Lipinski definition) is 4. The predicted octanol–water partition coefficient (Wildman–Crippen LogP) is 3.43. The third-order valence-electron chi connectivity index (χ3n) is 3.28. The van der Waals surface area contributed by atoms with Crippen molar-refractivity contribution in [2.24, 2.45) is 5.73 Å². The van der Waals surface area contributed by atoms with Gasteiger partial charge in [-0.2, -0.15) is 0 Å². The van der Waals surface area contributed by atoms with E-state index in [-0.39, 0.29) is 6.04 Å². The monoisotopic (exact) mass is 277 g/mol. The van der Waals surface area contributed by atoms with Crippen LogP contribution in [-0.4, -0.2) is 14.2 Å². The van der Waals surface area contributed by atoms with E-state index in [1.807, 2.05) is 24.4 Å². The fourth-order valence-electron chi connectivity index (χ4n) is 2.21. The van der Waals surface area contributed by atoms with Gasteiger partial charge in [0.15, 0.2) is 0 Å². The van der Waals surface area contributed by atoms with Gasteiger partial charge in [-0.15, -0.1) is 11.3 Å². The fourth-order valence-corrected chi connectivity index (χ4v) is 3.09. The molecule has 0 aliphatic heterocycles. The topological polar surface area (TPSA) is 44.5 Å². The summed E-state index contributed by atoms with van der Waals surface area (Å²) in [6.07, 6.45) is 0. The van der Waals surface area contributed by atoms with E-state index < -0.39 is 0 Å². The van der Waals surface area contributed by atoms with Crippen molar-refractivity contribution in [3.63, 3.8) is 0 Å². The first-order chi connectivity index (χ1) is 9.08. The zero-order chi connectivity index (χ0) is 14.0. The first kappa shape index (κ1) is 13.9. The normalized spacial score (nSPS) is 12.3. The molecule has 1 heterocycles. The van der Waals surface area contributed by atoms with Gasteiger partial charge >= 0.3 is 0 Å². The van der Waals surface area contributed by atoms with E-state index in [1.54, 1.807) is 25.6 Å². The number of benzene rings is 1. The van der Waals surface area contributed by atoms with E-state index in [9.17, 15) is 0 Å². The molecule has 19 heavy (non-hydrogen) atoms. The average molecular weight is 277 g/mol. The van der Waals surface area contributed by atoms with Crippen molar-refractivity contribution in [3.8, 4) is 11.5 Å². The minimum Gasteiger partial charge on any atom is -0.496 e. The summed E-state index contributed by atoms with van der Waals surface area (Å²) in [7, 11) is 3.36. The van der Waals surface area contributed by atoms with Gasteiger partial charge in [0, 0.05) is 0 Å². The van der Waals surface area contributed by atoms with Gasteiger partial charge in [-0.05, 0) is 48.1 Å². The van der Waals surface area contributed by atoms with E-state index in [2.05, 4.69) is 13.0 Å². The van der Waals surface area contributed by atoms with Crippen molar-refractivity contribution < 1.29 is 9.47 Å². The van der Waals surface area contributed by atoms with Crippen molar-refractivity contribution >= 4 is 11.3 Å². The molecule has 0 aliphatic rings. The third-order valence-corrected chi connectivity index (χ3v) is 4.26. The van der Waals surface area contributed by atoms with Gasteiger partial charge in [-0.1, -0.05) is 6.07 Å². The largest absolute Gasteiger partial charge is 0.496 e. The van der Waals surface area contributed by atoms with Crippen molar-refractivity contribution in [1.29, 1.82) is 0 Å². The molecule has 2 N–H and O–H groups in total. The van der Waals surface area contributed by atoms with E-state index in [0.717, 1.165) is 33.1 Å². The summed E-state index contributed by atoms with van der Waals surface area (Å²) in [5.41, 5.74) is 9.72. The van der Waals surface area contributed by atoms with Crippen LogP contribution in [0.1, 0.15) is 27.6 Å². The molecule has 0 radical (unpaired) electrons. The van der Waals surface area contributed by atoms with E-state index >= 15 is 0 Å². The zero-order valence-electron chi connectivity index (χ0n) is 11.7. The number of aryl methyl sites for hydroxylation is 2. The van der Waals surface area contributed by atoms with Crippen LogP contribution in [0.4, 0.5) is 0 Å². The van der Waals surface area contributed by atoms with E-state index in [1.165, 1.54) is 0 Å². The summed E-state index contributed by atoms with van der Waals surface area (Å²) in [5, 5.41) is 2.00. The van der Waals surface area contributed by atoms with Crippen LogP contribution in [0.25, 0.3) is 0 Å². The number of thiophene rings is 1. The summed E-state index contributed by atoms with van der Waals surface area (Å²) in [5.74, 6) is 1.75. The molecule has 0 fully saturated rings. The SMILES string of the molecule is COc1cc(C)c(C(N)c2sccc2OC)cc1C. The smallest absolute Gasteiger partial charge is 0.134 e. The van der Waals surface area contributed by atoms with Gasteiger partial charge in [0.25, 0.3) is 0 Å². The predicted molar refractivity (Wildman–Crippen MR) is 79.4 cm³/mol. The van der Waals surface area contributed by atoms with Crippen molar-refractivity contribution in [1.82, 2.24) is 0 Å². The molecule has 2 aromatic rings. The summed E-state index contributed by atoms with van der Waals surface area (Å²) >= 11 is 1.62. The molecule has 0 amide bonds. The first-order valence-electron chi connectivity index (χ1n) is 6.10. The molecule has 0 aliphatic carbocycles. The molecule has 0 saturated heterocycles. The second kappa shape index (κ2) is 5.63. The summed E-state index contributed by atoms with van der Waals surface area (Å²) in [6.45, 7) is 4.08. The molecule has 3 nitrogen and oxygen atoms in total. The Labute approximate surface area is 118 Å². The molecular formula is C15H19NO2S. The molecule has 0 saturated carbocycles. The quantitative estimate of drug-likeness (QED) is 0.931. The highest BCUT2D eigenvalue weighted by atomic mass is 32.1. The van der Waals surface area contributed by atoms with Gasteiger partial charge in [0.1, 0.15) is 11.5 Å². The van der Waals surface area contributed by atoms with Gasteiger partial charge < -0.3 is 15.2 Å². The summed E-state index contributed by atoms with van der Waals surface area (Å²) in [6, 6.07) is 5.91. The molecule has 2 rings (SSSR count). The van der Waals surface area contributed by atoms with Crippen LogP contribution in [0.15, 0.2) is 23.6 Å². The van der Waals surface area contributed by atoms with Crippen molar-refractivity contribution in [3.05, 3.63) is 45.1 Å².